The van der Waals surface area contributed by atoms with Crippen LogP contribution in [0.3, 0.4) is 0 Å². The molecule has 0 atom stereocenters. The fourth-order valence-electron chi connectivity index (χ4n) is 4.83. The van der Waals surface area contributed by atoms with Crippen LogP contribution in [0.15, 0.2) is 101 Å². The van der Waals surface area contributed by atoms with Gasteiger partial charge in [0.2, 0.25) is 9.84 Å². The molecular formula is C33H31N5O5S. The normalized spacial score (nSPS) is 11.2. The van der Waals surface area contributed by atoms with Gasteiger partial charge in [-0.15, -0.1) is 0 Å². The highest BCUT2D eigenvalue weighted by atomic mass is 32.2. The molecule has 6 N–H and O–H groups in total. The Morgan fingerprint density at radius 2 is 1.66 bits per heavy atom. The molecule has 1 aromatic heterocycles. The molecule has 0 bridgehead atoms. The zero-order valence-electron chi connectivity index (χ0n) is 24.1. The molecule has 11 heteroatoms. The Labute approximate surface area is 255 Å². The maximum atomic E-state index is 13.9. The maximum Gasteiger partial charge on any atom is 0.255 e. The number of rotatable bonds is 10. The molecule has 0 aliphatic rings. The van der Waals surface area contributed by atoms with E-state index in [9.17, 15) is 18.0 Å². The Morgan fingerprint density at radius 1 is 0.909 bits per heavy atom. The number of ether oxygens (including phenoxy) is 1. The number of hydrogen-bond acceptors (Lipinski definition) is 8. The summed E-state index contributed by atoms with van der Waals surface area (Å²) in [5, 5.41) is 6.38. The number of carbonyl (C=O) groups is 2. The van der Waals surface area contributed by atoms with Gasteiger partial charge in [-0.3, -0.25) is 14.6 Å². The molecule has 5 rings (SSSR count). The number of pyridine rings is 1. The number of hydrogen-bond donors (Lipinski definition) is 4. The van der Waals surface area contributed by atoms with E-state index in [1.165, 1.54) is 43.6 Å². The molecule has 1 heterocycles. The molecule has 224 valence electrons. The van der Waals surface area contributed by atoms with Crippen LogP contribution >= 0.6 is 0 Å². The van der Waals surface area contributed by atoms with Gasteiger partial charge in [0.1, 0.15) is 5.75 Å². The summed E-state index contributed by atoms with van der Waals surface area (Å²) in [5.74, 6) is -0.604. The first-order valence-electron chi connectivity index (χ1n) is 13.7. The second-order valence-electron chi connectivity index (χ2n) is 10.1. The average Bonchev–Trinajstić information content (AvgIpc) is 3.02. The first kappa shape index (κ1) is 30.2. The van der Waals surface area contributed by atoms with Gasteiger partial charge in [-0.1, -0.05) is 24.3 Å². The van der Waals surface area contributed by atoms with Crippen LogP contribution in [0.1, 0.15) is 31.8 Å². The molecule has 0 saturated heterocycles. The van der Waals surface area contributed by atoms with E-state index in [1.807, 2.05) is 12.1 Å². The van der Waals surface area contributed by atoms with Crippen molar-refractivity contribution in [2.45, 2.75) is 23.1 Å². The number of aryl methyl sites for hydroxylation is 1. The van der Waals surface area contributed by atoms with Crippen molar-refractivity contribution in [2.75, 3.05) is 24.3 Å². The van der Waals surface area contributed by atoms with Crippen LogP contribution in [0, 0.1) is 6.92 Å². The number of aromatic nitrogens is 1. The van der Waals surface area contributed by atoms with E-state index in [0.29, 0.717) is 45.8 Å². The van der Waals surface area contributed by atoms with Gasteiger partial charge in [0.25, 0.3) is 11.8 Å². The number of fused-ring (bicyclic) bond motifs is 1. The largest absolute Gasteiger partial charge is 0.497 e. The van der Waals surface area contributed by atoms with Gasteiger partial charge in [0.05, 0.1) is 33.7 Å². The van der Waals surface area contributed by atoms with Crippen molar-refractivity contribution in [1.82, 2.24) is 4.98 Å². The molecule has 0 radical (unpaired) electrons. The van der Waals surface area contributed by atoms with E-state index >= 15 is 0 Å². The van der Waals surface area contributed by atoms with E-state index < -0.39 is 21.7 Å². The minimum absolute atomic E-state index is 0.0346. The van der Waals surface area contributed by atoms with E-state index in [1.54, 1.807) is 49.4 Å². The molecule has 0 aliphatic carbocycles. The molecule has 44 heavy (non-hydrogen) atoms. The summed E-state index contributed by atoms with van der Waals surface area (Å²) in [4.78, 5) is 29.7. The van der Waals surface area contributed by atoms with E-state index in [4.69, 9.17) is 16.2 Å². The van der Waals surface area contributed by atoms with Crippen LogP contribution in [-0.2, 0) is 16.3 Å². The second kappa shape index (κ2) is 12.5. The lowest BCUT2D eigenvalue weighted by molar-refractivity contribution is 0.0998. The third kappa shape index (κ3) is 6.24. The number of carbonyl (C=O) groups excluding carboxylic acids is 2. The highest BCUT2D eigenvalue weighted by molar-refractivity contribution is 7.91. The Morgan fingerprint density at radius 3 is 2.36 bits per heavy atom. The van der Waals surface area contributed by atoms with Crippen molar-refractivity contribution in [2.24, 2.45) is 11.5 Å². The molecule has 5 aromatic rings. The van der Waals surface area contributed by atoms with Crippen LogP contribution in [0.2, 0.25) is 0 Å². The molecule has 10 nitrogen and oxygen atoms in total. The highest BCUT2D eigenvalue weighted by Crippen LogP contribution is 2.35. The molecule has 0 aliphatic heterocycles. The number of benzene rings is 4. The summed E-state index contributed by atoms with van der Waals surface area (Å²) in [6, 6.07) is 23.1. The Kier molecular flexibility index (Phi) is 8.61. The van der Waals surface area contributed by atoms with Gasteiger partial charge in [-0.25, -0.2) is 8.42 Å². The van der Waals surface area contributed by atoms with Crippen molar-refractivity contribution < 1.29 is 22.7 Å². The molecule has 0 spiro atoms. The third-order valence-electron chi connectivity index (χ3n) is 7.10. The lowest BCUT2D eigenvalue weighted by Gasteiger charge is -2.16. The molecule has 4 aromatic carbocycles. The van der Waals surface area contributed by atoms with Crippen molar-refractivity contribution in [1.29, 1.82) is 0 Å². The van der Waals surface area contributed by atoms with Crippen molar-refractivity contribution >= 4 is 49.6 Å². The van der Waals surface area contributed by atoms with Gasteiger partial charge in [-0.05, 0) is 85.6 Å². The summed E-state index contributed by atoms with van der Waals surface area (Å²) in [5.41, 5.74) is 15.1. The first-order valence-corrected chi connectivity index (χ1v) is 15.2. The molecule has 0 saturated carbocycles. The van der Waals surface area contributed by atoms with Crippen molar-refractivity contribution in [3.63, 3.8) is 0 Å². The number of nitrogens with one attached hydrogen (secondary N) is 2. The summed E-state index contributed by atoms with van der Waals surface area (Å²) in [6.45, 7) is 2.25. The van der Waals surface area contributed by atoms with Gasteiger partial charge >= 0.3 is 0 Å². The number of amides is 2. The Bertz CT molecular complexity index is 1990. The number of sulfone groups is 1. The van der Waals surface area contributed by atoms with Crippen LogP contribution in [0.4, 0.5) is 17.1 Å². The predicted molar refractivity (Wildman–Crippen MR) is 170 cm³/mol. The minimum atomic E-state index is -4.11. The number of nitrogens with zero attached hydrogens (tertiary/aromatic N) is 1. The van der Waals surface area contributed by atoms with E-state index in [-0.39, 0.29) is 20.9 Å². The SMILES string of the molecule is COc1cccc(Nc2c(C(N)=O)cnc3c(C)cc(S(=O)(=O)c4cccc(C(=O)Nc5ccc(CCN)cc5)c4)cc23)c1. The van der Waals surface area contributed by atoms with Gasteiger partial charge in [0, 0.05) is 34.6 Å². The lowest BCUT2D eigenvalue weighted by Crippen LogP contribution is -2.15. The van der Waals surface area contributed by atoms with Crippen molar-refractivity contribution in [3.05, 3.63) is 113 Å². The summed E-state index contributed by atoms with van der Waals surface area (Å²) in [7, 11) is -2.57. The molecular weight excluding hydrogens is 578 g/mol. The van der Waals surface area contributed by atoms with Crippen LogP contribution in [0.5, 0.6) is 5.75 Å². The fourth-order valence-corrected chi connectivity index (χ4v) is 6.25. The first-order chi connectivity index (χ1) is 21.1. The zero-order chi connectivity index (χ0) is 31.4. The zero-order valence-corrected chi connectivity index (χ0v) is 24.9. The molecule has 0 unspecified atom stereocenters. The standard InChI is InChI=1S/C33H31N5O5S/c1-20-15-27(18-28-30(20)36-19-29(32(35)39)31(28)37-24-6-4-7-25(17-24)43-2)44(41,42)26-8-3-5-22(16-26)33(40)38-23-11-9-21(10-12-23)13-14-34/h3-12,15-19H,13-14,34H2,1-2H3,(H2,35,39)(H,36,37)(H,38,40). The third-order valence-corrected chi connectivity index (χ3v) is 8.83. The highest BCUT2D eigenvalue weighted by Gasteiger charge is 2.23. The van der Waals surface area contributed by atoms with E-state index in [0.717, 1.165) is 12.0 Å². The van der Waals surface area contributed by atoms with Gasteiger partial charge in [-0.2, -0.15) is 0 Å². The van der Waals surface area contributed by atoms with E-state index in [2.05, 4.69) is 15.6 Å². The average molecular weight is 610 g/mol. The Balaban J connectivity index is 1.53. The van der Waals surface area contributed by atoms with Crippen LogP contribution in [0.25, 0.3) is 10.9 Å². The van der Waals surface area contributed by atoms with Crippen molar-refractivity contribution in [3.8, 4) is 5.75 Å². The lowest BCUT2D eigenvalue weighted by atomic mass is 10.1. The minimum Gasteiger partial charge on any atom is -0.497 e. The summed E-state index contributed by atoms with van der Waals surface area (Å²) < 4.78 is 33.2. The number of methoxy groups -OCH3 is 1. The van der Waals surface area contributed by atoms with Gasteiger partial charge < -0.3 is 26.8 Å². The Hall–Kier alpha value is -5.26. The molecule has 2 amide bonds. The molecule has 0 fully saturated rings. The number of anilines is 3. The van der Waals surface area contributed by atoms with Crippen LogP contribution < -0.4 is 26.8 Å². The second-order valence-corrected chi connectivity index (χ2v) is 12.1. The predicted octanol–water partition coefficient (Wildman–Crippen LogP) is 4.98. The monoisotopic (exact) mass is 609 g/mol. The number of nitrogens with two attached hydrogens (primary N) is 2. The topological polar surface area (TPSA) is 166 Å². The number of primary amides is 1. The van der Waals surface area contributed by atoms with Gasteiger partial charge in [0.15, 0.2) is 0 Å². The smallest absolute Gasteiger partial charge is 0.255 e. The fraction of sp³-hybridized carbons (Fsp3) is 0.121. The summed E-state index contributed by atoms with van der Waals surface area (Å²) >= 11 is 0. The van der Waals surface area contributed by atoms with Crippen LogP contribution in [-0.4, -0.2) is 38.9 Å². The maximum absolute atomic E-state index is 13.9. The summed E-state index contributed by atoms with van der Waals surface area (Å²) in [6.07, 6.45) is 2.09. The quantitative estimate of drug-likeness (QED) is 0.172.